The summed E-state index contributed by atoms with van der Waals surface area (Å²) >= 11 is 0. The smallest absolute Gasteiger partial charge is 0.352 e. The highest BCUT2D eigenvalue weighted by atomic mass is 19.1. The second kappa shape index (κ2) is 7.64. The number of likely N-dealkylation sites (N-methyl/N-ethyl adjacent to an activating group) is 1. The fourth-order valence-electron chi connectivity index (χ4n) is 3.43. The van der Waals surface area contributed by atoms with Crippen molar-refractivity contribution in [3.8, 4) is 17.4 Å². The Labute approximate surface area is 177 Å². The molecule has 1 aromatic carbocycles. The van der Waals surface area contributed by atoms with Gasteiger partial charge in [0.05, 0.1) is 12.1 Å². The molecule has 3 heterocycles. The maximum atomic E-state index is 14.5. The number of benzene rings is 1. The molecule has 1 aliphatic heterocycles. The van der Waals surface area contributed by atoms with E-state index in [4.69, 9.17) is 9.47 Å². The van der Waals surface area contributed by atoms with Gasteiger partial charge in [0.2, 0.25) is 5.88 Å². The Balaban J connectivity index is 1.52. The first-order valence-electron chi connectivity index (χ1n) is 9.71. The number of nitrogens with zero attached hydrogens (tertiary/aromatic N) is 4. The van der Waals surface area contributed by atoms with Gasteiger partial charge in [-0.2, -0.15) is 4.98 Å². The number of halogens is 2. The lowest BCUT2D eigenvalue weighted by atomic mass is 10.1. The Hall–Kier alpha value is -3.49. The molecule has 0 atom stereocenters. The molecule has 0 fully saturated rings. The zero-order valence-corrected chi connectivity index (χ0v) is 17.6. The van der Waals surface area contributed by atoms with E-state index in [9.17, 15) is 13.6 Å². The van der Waals surface area contributed by atoms with Crippen LogP contribution in [0.15, 0.2) is 41.3 Å². The van der Waals surface area contributed by atoms with Gasteiger partial charge in [-0.15, -0.1) is 0 Å². The topological polar surface area (TPSA) is 69.5 Å². The highest BCUT2D eigenvalue weighted by Crippen LogP contribution is 2.32. The standard InChI is InChI=1S/C22H22F2N4O3/c1-13-7-15(5-6-25-13)31-20-16(23)8-14(9-17(20)24)11-30-18-10-19-27(4)22(2,3)12-28(19)21(29)26-18/h5-10H,11-12H2,1-4H3. The monoisotopic (exact) mass is 428 g/mol. The molecule has 0 amide bonds. The Morgan fingerprint density at radius 3 is 2.55 bits per heavy atom. The molecule has 0 spiro atoms. The first kappa shape index (κ1) is 20.8. The largest absolute Gasteiger partial charge is 0.473 e. The fraction of sp³-hybridized carbons (Fsp3) is 0.318. The minimum atomic E-state index is -0.864. The van der Waals surface area contributed by atoms with E-state index < -0.39 is 23.1 Å². The number of fused-ring (bicyclic) bond motifs is 1. The first-order chi connectivity index (χ1) is 14.6. The summed E-state index contributed by atoms with van der Waals surface area (Å²) in [5.74, 6) is -1.19. The summed E-state index contributed by atoms with van der Waals surface area (Å²) < 4.78 is 41.5. The van der Waals surface area contributed by atoms with Gasteiger partial charge >= 0.3 is 5.69 Å². The maximum absolute atomic E-state index is 14.5. The second-order valence-electron chi connectivity index (χ2n) is 8.10. The van der Waals surface area contributed by atoms with Crippen LogP contribution in [-0.2, 0) is 13.2 Å². The van der Waals surface area contributed by atoms with Crippen LogP contribution in [0, 0.1) is 18.6 Å². The number of aromatic nitrogens is 3. The predicted molar refractivity (Wildman–Crippen MR) is 111 cm³/mol. The molecule has 0 bridgehead atoms. The van der Waals surface area contributed by atoms with E-state index in [1.807, 2.05) is 25.8 Å². The van der Waals surface area contributed by atoms with Crippen molar-refractivity contribution in [1.82, 2.24) is 14.5 Å². The summed E-state index contributed by atoms with van der Waals surface area (Å²) in [6, 6.07) is 6.99. The van der Waals surface area contributed by atoms with Crippen molar-refractivity contribution in [2.75, 3.05) is 11.9 Å². The average molecular weight is 428 g/mol. The predicted octanol–water partition coefficient (Wildman–Crippen LogP) is 3.82. The van der Waals surface area contributed by atoms with Gasteiger partial charge in [0, 0.05) is 31.1 Å². The number of anilines is 1. The molecule has 0 aliphatic carbocycles. The van der Waals surface area contributed by atoms with Crippen LogP contribution in [0.5, 0.6) is 17.4 Å². The van der Waals surface area contributed by atoms with Gasteiger partial charge in [0.25, 0.3) is 0 Å². The van der Waals surface area contributed by atoms with Crippen LogP contribution in [0.4, 0.5) is 14.6 Å². The summed E-state index contributed by atoms with van der Waals surface area (Å²) in [5, 5.41) is 0. The van der Waals surface area contributed by atoms with Gasteiger partial charge in [0.1, 0.15) is 18.2 Å². The van der Waals surface area contributed by atoms with E-state index in [1.165, 1.54) is 12.3 Å². The highest BCUT2D eigenvalue weighted by Gasteiger charge is 2.34. The van der Waals surface area contributed by atoms with E-state index in [1.54, 1.807) is 23.6 Å². The van der Waals surface area contributed by atoms with Crippen LogP contribution in [0.25, 0.3) is 0 Å². The van der Waals surface area contributed by atoms with E-state index in [-0.39, 0.29) is 29.3 Å². The minimum absolute atomic E-state index is 0.0919. The van der Waals surface area contributed by atoms with Crippen molar-refractivity contribution in [2.24, 2.45) is 0 Å². The summed E-state index contributed by atoms with van der Waals surface area (Å²) in [7, 11) is 1.88. The summed E-state index contributed by atoms with van der Waals surface area (Å²) in [6.07, 6.45) is 1.49. The molecular formula is C22H22F2N4O3. The van der Waals surface area contributed by atoms with Gasteiger partial charge in [-0.25, -0.2) is 13.6 Å². The van der Waals surface area contributed by atoms with Crippen molar-refractivity contribution >= 4 is 5.82 Å². The lowest BCUT2D eigenvalue weighted by molar-refractivity contribution is 0.289. The zero-order chi connectivity index (χ0) is 22.3. The molecular weight excluding hydrogens is 406 g/mol. The van der Waals surface area contributed by atoms with E-state index in [2.05, 4.69) is 9.97 Å². The average Bonchev–Trinajstić information content (AvgIpc) is 2.93. The van der Waals surface area contributed by atoms with E-state index in [0.29, 0.717) is 18.1 Å². The number of rotatable bonds is 5. The van der Waals surface area contributed by atoms with Crippen molar-refractivity contribution in [2.45, 2.75) is 39.5 Å². The lowest BCUT2D eigenvalue weighted by Crippen LogP contribution is -2.38. The van der Waals surface area contributed by atoms with E-state index in [0.717, 1.165) is 12.1 Å². The minimum Gasteiger partial charge on any atom is -0.473 e. The third-order valence-electron chi connectivity index (χ3n) is 5.30. The van der Waals surface area contributed by atoms with Crippen LogP contribution in [-0.4, -0.2) is 27.1 Å². The third kappa shape index (κ3) is 4.08. The van der Waals surface area contributed by atoms with Crippen molar-refractivity contribution in [3.63, 3.8) is 0 Å². The Kier molecular flexibility index (Phi) is 5.12. The van der Waals surface area contributed by atoms with Gasteiger partial charge < -0.3 is 14.4 Å². The molecule has 3 aromatic rings. The number of hydrogen-bond acceptors (Lipinski definition) is 6. The molecule has 31 heavy (non-hydrogen) atoms. The van der Waals surface area contributed by atoms with Gasteiger partial charge in [-0.05, 0) is 44.5 Å². The normalized spacial score (nSPS) is 14.5. The molecule has 0 saturated heterocycles. The SMILES string of the molecule is Cc1cc(Oc2c(F)cc(COc3cc4n(c(=O)n3)CC(C)(C)N4C)cc2F)ccn1. The summed E-state index contributed by atoms with van der Waals surface area (Å²) in [4.78, 5) is 22.2. The van der Waals surface area contributed by atoms with Crippen molar-refractivity contribution in [1.29, 1.82) is 0 Å². The Morgan fingerprint density at radius 1 is 1.16 bits per heavy atom. The summed E-state index contributed by atoms with van der Waals surface area (Å²) in [5.41, 5.74) is 0.236. The van der Waals surface area contributed by atoms with Crippen molar-refractivity contribution < 1.29 is 18.3 Å². The zero-order valence-electron chi connectivity index (χ0n) is 17.6. The molecule has 9 heteroatoms. The molecule has 0 saturated carbocycles. The van der Waals surface area contributed by atoms with Gasteiger partial charge in [0.15, 0.2) is 17.4 Å². The molecule has 162 valence electrons. The second-order valence-corrected chi connectivity index (χ2v) is 8.10. The van der Waals surface area contributed by atoms with Crippen LogP contribution >= 0.6 is 0 Å². The molecule has 7 nitrogen and oxygen atoms in total. The number of pyridine rings is 1. The molecule has 0 unspecified atom stereocenters. The number of aryl methyl sites for hydroxylation is 1. The third-order valence-corrected chi connectivity index (χ3v) is 5.30. The molecule has 0 N–H and O–H groups in total. The van der Waals surface area contributed by atoms with Crippen molar-refractivity contribution in [3.05, 3.63) is 69.9 Å². The highest BCUT2D eigenvalue weighted by molar-refractivity contribution is 5.48. The fourth-order valence-corrected chi connectivity index (χ4v) is 3.43. The maximum Gasteiger partial charge on any atom is 0.352 e. The number of ether oxygens (including phenoxy) is 2. The molecule has 4 rings (SSSR count). The van der Waals surface area contributed by atoms with Crippen LogP contribution in [0.3, 0.4) is 0 Å². The molecule has 1 aliphatic rings. The van der Waals surface area contributed by atoms with Crippen LogP contribution in [0.1, 0.15) is 25.1 Å². The Morgan fingerprint density at radius 2 is 1.87 bits per heavy atom. The Bertz CT molecular complexity index is 1190. The molecule has 2 aromatic heterocycles. The summed E-state index contributed by atoms with van der Waals surface area (Å²) in [6.45, 7) is 6.13. The quantitative estimate of drug-likeness (QED) is 0.615. The van der Waals surface area contributed by atoms with Gasteiger partial charge in [-0.3, -0.25) is 9.55 Å². The van der Waals surface area contributed by atoms with Gasteiger partial charge in [-0.1, -0.05) is 0 Å². The van der Waals surface area contributed by atoms with Crippen LogP contribution in [0.2, 0.25) is 0 Å². The first-order valence-corrected chi connectivity index (χ1v) is 9.71. The van der Waals surface area contributed by atoms with E-state index >= 15 is 0 Å². The number of hydrogen-bond donors (Lipinski definition) is 0. The van der Waals surface area contributed by atoms with Crippen LogP contribution < -0.4 is 20.1 Å². The lowest BCUT2D eigenvalue weighted by Gasteiger charge is -2.28. The molecule has 0 radical (unpaired) electrons.